The third-order valence-electron chi connectivity index (χ3n) is 6.86. The zero-order valence-electron chi connectivity index (χ0n) is 29.3. The van der Waals surface area contributed by atoms with Gasteiger partial charge in [-0.05, 0) is 47.5 Å². The fraction of sp³-hybridized carbons (Fsp3) is 0.543. The summed E-state index contributed by atoms with van der Waals surface area (Å²) < 4.78 is 61.9. The summed E-state index contributed by atoms with van der Waals surface area (Å²) in [5.74, 6) is 0.753. The van der Waals surface area contributed by atoms with Gasteiger partial charge in [0, 0.05) is 0 Å². The van der Waals surface area contributed by atoms with Crippen molar-refractivity contribution >= 4 is 24.2 Å². The Morgan fingerprint density at radius 1 is 0.442 bits per heavy atom. The third kappa shape index (κ3) is 17.2. The average molecular weight is 733 g/mol. The van der Waals surface area contributed by atoms with Crippen molar-refractivity contribution < 1.29 is 61.7 Å². The Morgan fingerprint density at radius 3 is 1.06 bits per heavy atom. The van der Waals surface area contributed by atoms with Crippen LogP contribution in [0.5, 0.6) is 23.0 Å². The van der Waals surface area contributed by atoms with Crippen molar-refractivity contribution in [3.05, 3.63) is 47.5 Å². The molecule has 2 aromatic rings. The van der Waals surface area contributed by atoms with E-state index in [1.807, 2.05) is 0 Å². The second kappa shape index (κ2) is 25.6. The maximum absolute atomic E-state index is 12.4. The zero-order valence-corrected chi connectivity index (χ0v) is 29.3. The molecule has 2 aliphatic rings. The topological polar surface area (TPSA) is 184 Å². The van der Waals surface area contributed by atoms with E-state index < -0.39 is 18.2 Å². The lowest BCUT2D eigenvalue weighted by Gasteiger charge is -2.14. The number of benzene rings is 2. The van der Waals surface area contributed by atoms with Crippen LogP contribution in [0.1, 0.15) is 17.5 Å². The molecule has 0 radical (unpaired) electrons. The van der Waals surface area contributed by atoms with Gasteiger partial charge in [-0.15, -0.1) is 0 Å². The first-order chi connectivity index (χ1) is 25.7. The van der Waals surface area contributed by atoms with Gasteiger partial charge in [-0.25, -0.2) is 10.9 Å². The number of rotatable bonds is 6. The minimum absolute atomic E-state index is 0.279. The van der Waals surface area contributed by atoms with E-state index in [1.165, 1.54) is 12.4 Å². The molecule has 0 unspecified atom stereocenters. The van der Waals surface area contributed by atoms with E-state index in [2.05, 4.69) is 21.1 Å². The maximum atomic E-state index is 12.4. The quantitative estimate of drug-likeness (QED) is 0.247. The molecule has 2 amide bonds. The number of hydrogen-bond acceptors (Lipinski definition) is 15. The minimum atomic E-state index is -0.628. The highest BCUT2D eigenvalue weighted by molar-refractivity contribution is 5.97. The Labute approximate surface area is 302 Å². The molecule has 0 bridgehead atoms. The first-order valence-electron chi connectivity index (χ1n) is 17.1. The van der Waals surface area contributed by atoms with Gasteiger partial charge in [0.15, 0.2) is 23.0 Å². The van der Waals surface area contributed by atoms with Crippen LogP contribution in [-0.2, 0) is 42.7 Å². The molecule has 2 N–H and O–H groups in total. The van der Waals surface area contributed by atoms with E-state index in [4.69, 9.17) is 52.1 Å². The average Bonchev–Trinajstić information content (AvgIpc) is 3.15. The summed E-state index contributed by atoms with van der Waals surface area (Å²) in [6.07, 6.45) is 2.36. The zero-order chi connectivity index (χ0) is 36.3. The Balaban J connectivity index is 1.23. The van der Waals surface area contributed by atoms with E-state index in [0.29, 0.717) is 146 Å². The molecule has 0 atom stereocenters. The van der Waals surface area contributed by atoms with Gasteiger partial charge in [0.2, 0.25) is 11.8 Å². The number of nitrogens with zero attached hydrogens (tertiary/aromatic N) is 2. The molecule has 52 heavy (non-hydrogen) atoms. The van der Waals surface area contributed by atoms with Crippen molar-refractivity contribution in [2.45, 2.75) is 6.42 Å². The molecule has 2 aromatic carbocycles. The van der Waals surface area contributed by atoms with E-state index in [-0.39, 0.29) is 6.61 Å². The fourth-order valence-corrected chi connectivity index (χ4v) is 4.40. The van der Waals surface area contributed by atoms with Crippen molar-refractivity contribution in [1.82, 2.24) is 10.9 Å². The summed E-state index contributed by atoms with van der Waals surface area (Å²) in [7, 11) is 0. The molecule has 0 aliphatic carbocycles. The highest BCUT2D eigenvalue weighted by Crippen LogP contribution is 2.29. The van der Waals surface area contributed by atoms with E-state index in [0.717, 1.165) is 0 Å². The van der Waals surface area contributed by atoms with Crippen molar-refractivity contribution in [3.63, 3.8) is 0 Å². The largest absolute Gasteiger partial charge is 0.487 e. The first kappa shape index (κ1) is 40.4. The molecule has 17 nitrogen and oxygen atoms in total. The lowest BCUT2D eigenvalue weighted by molar-refractivity contribution is -0.129. The summed E-state index contributed by atoms with van der Waals surface area (Å²) in [5, 5.41) is 7.93. The van der Waals surface area contributed by atoms with Gasteiger partial charge in [0.25, 0.3) is 0 Å². The summed E-state index contributed by atoms with van der Waals surface area (Å²) in [6.45, 7) is 7.35. The molecule has 2 heterocycles. The number of hydrogen-bond donors (Lipinski definition) is 2. The number of amides is 2. The lowest BCUT2D eigenvalue weighted by atomic mass is 10.2. The second-order valence-electron chi connectivity index (χ2n) is 10.9. The van der Waals surface area contributed by atoms with Crippen LogP contribution in [0, 0.1) is 0 Å². The van der Waals surface area contributed by atoms with E-state index in [9.17, 15) is 9.59 Å². The Morgan fingerprint density at radius 2 is 0.731 bits per heavy atom. The van der Waals surface area contributed by atoms with Crippen LogP contribution in [0.15, 0.2) is 46.6 Å². The number of ether oxygens (including phenoxy) is 11. The van der Waals surface area contributed by atoms with Gasteiger partial charge in [-0.3, -0.25) is 9.59 Å². The standard InChI is InChI=1S/C35H48N4O13/c40-34(25-35(41)39-37-27-29-2-4-31-33(24-29)52-22-18-48-14-10-44-8-12-46-16-20-50-31)38-36-26-28-1-3-30-32(23-28)51-21-17-47-13-9-43-6-5-42-7-11-45-15-19-49-30/h1-4,23-24,26-27H,5-22,25H2,(H,38,40)(H,39,41)/b36-26+,37-27+. The summed E-state index contributed by atoms with van der Waals surface area (Å²) in [6, 6.07) is 10.4. The molecular formula is C35H48N4O13. The van der Waals surface area contributed by atoms with Gasteiger partial charge < -0.3 is 52.1 Å². The Bertz CT molecular complexity index is 1390. The van der Waals surface area contributed by atoms with Crippen LogP contribution < -0.4 is 29.8 Å². The summed E-state index contributed by atoms with van der Waals surface area (Å²) in [5.41, 5.74) is 5.95. The molecule has 0 spiro atoms. The Kier molecular flexibility index (Phi) is 19.9. The van der Waals surface area contributed by atoms with Gasteiger partial charge in [0.1, 0.15) is 32.8 Å². The number of nitrogens with one attached hydrogen (secondary N) is 2. The molecule has 17 heteroatoms. The fourth-order valence-electron chi connectivity index (χ4n) is 4.40. The van der Waals surface area contributed by atoms with E-state index in [1.54, 1.807) is 36.4 Å². The van der Waals surface area contributed by atoms with E-state index >= 15 is 0 Å². The van der Waals surface area contributed by atoms with Crippen molar-refractivity contribution in [1.29, 1.82) is 0 Å². The molecule has 2 aliphatic heterocycles. The first-order valence-corrected chi connectivity index (χ1v) is 17.1. The van der Waals surface area contributed by atoms with Crippen LogP contribution >= 0.6 is 0 Å². The number of hydrazone groups is 2. The molecular weight excluding hydrogens is 684 g/mol. The molecule has 286 valence electrons. The normalized spacial score (nSPS) is 18.3. The monoisotopic (exact) mass is 732 g/mol. The van der Waals surface area contributed by atoms with Crippen LogP contribution in [0.3, 0.4) is 0 Å². The second-order valence-corrected chi connectivity index (χ2v) is 10.9. The predicted octanol–water partition coefficient (Wildman–Crippen LogP) is 1.34. The van der Waals surface area contributed by atoms with Crippen molar-refractivity contribution in [2.24, 2.45) is 10.2 Å². The summed E-state index contributed by atoms with van der Waals surface area (Å²) >= 11 is 0. The lowest BCUT2D eigenvalue weighted by Crippen LogP contribution is -2.27. The molecule has 0 fully saturated rings. The number of carbonyl (C=O) groups is 2. The van der Waals surface area contributed by atoms with Gasteiger partial charge in [-0.1, -0.05) is 0 Å². The molecule has 4 rings (SSSR count). The number of fused-ring (bicyclic) bond motifs is 2. The molecule has 0 saturated carbocycles. The van der Waals surface area contributed by atoms with Crippen LogP contribution in [0.4, 0.5) is 0 Å². The minimum Gasteiger partial charge on any atom is -0.487 e. The maximum Gasteiger partial charge on any atom is 0.249 e. The van der Waals surface area contributed by atoms with Crippen molar-refractivity contribution in [3.8, 4) is 23.0 Å². The summed E-state index contributed by atoms with van der Waals surface area (Å²) in [4.78, 5) is 24.7. The smallest absolute Gasteiger partial charge is 0.249 e. The Hall–Kier alpha value is -4.36. The third-order valence-corrected chi connectivity index (χ3v) is 6.86. The predicted molar refractivity (Wildman–Crippen MR) is 187 cm³/mol. The highest BCUT2D eigenvalue weighted by atomic mass is 16.6. The molecule has 0 aromatic heterocycles. The van der Waals surface area contributed by atoms with Crippen LogP contribution in [-0.4, -0.2) is 143 Å². The SMILES string of the molecule is O=C(CC(=O)N/N=C/c1ccc2c(c1)OCCOCCOCCOCCO2)N/N=C/c1ccc2c(c1)OCCOCCOCCOCCOCCO2. The van der Waals surface area contributed by atoms with Gasteiger partial charge >= 0.3 is 0 Å². The van der Waals surface area contributed by atoms with Gasteiger partial charge in [0.05, 0.1) is 105 Å². The highest BCUT2D eigenvalue weighted by Gasteiger charge is 2.11. The number of carbonyl (C=O) groups excluding carboxylic acids is 2. The van der Waals surface area contributed by atoms with Crippen molar-refractivity contribution in [2.75, 3.05) is 119 Å². The molecule has 0 saturated heterocycles. The van der Waals surface area contributed by atoms with Crippen LogP contribution in [0.25, 0.3) is 0 Å². The van der Waals surface area contributed by atoms with Crippen LogP contribution in [0.2, 0.25) is 0 Å². The van der Waals surface area contributed by atoms with Gasteiger partial charge in [-0.2, -0.15) is 10.2 Å².